The van der Waals surface area contributed by atoms with Gasteiger partial charge in [0.1, 0.15) is 6.54 Å². The number of halogens is 2. The van der Waals surface area contributed by atoms with Crippen LogP contribution in [0.3, 0.4) is 0 Å². The zero-order valence-electron chi connectivity index (χ0n) is 19.2. The quantitative estimate of drug-likeness (QED) is 0.281. The summed E-state index contributed by atoms with van der Waals surface area (Å²) >= 11 is 9.45. The normalized spacial score (nSPS) is 11.2. The molecule has 5 rings (SSSR count). The van der Waals surface area contributed by atoms with Gasteiger partial charge in [0.15, 0.2) is 11.5 Å². The lowest BCUT2D eigenvalue weighted by Gasteiger charge is -2.07. The van der Waals surface area contributed by atoms with Crippen molar-refractivity contribution in [2.45, 2.75) is 26.9 Å². The molecule has 0 saturated carbocycles. The first-order valence-electron chi connectivity index (χ1n) is 11.0. The Labute approximate surface area is 215 Å². The van der Waals surface area contributed by atoms with Crippen LogP contribution in [0.4, 0.5) is 5.82 Å². The van der Waals surface area contributed by atoms with Crippen LogP contribution in [0.5, 0.6) is 0 Å². The number of nitrogens with zero attached hydrogens (tertiary/aromatic N) is 5. The van der Waals surface area contributed by atoms with E-state index in [1.54, 1.807) is 15.6 Å². The number of pyridine rings is 1. The van der Waals surface area contributed by atoms with Crippen molar-refractivity contribution in [1.29, 1.82) is 0 Å². The molecule has 0 fully saturated rings. The van der Waals surface area contributed by atoms with Crippen molar-refractivity contribution in [2.75, 3.05) is 5.32 Å². The second kappa shape index (κ2) is 9.64. The van der Waals surface area contributed by atoms with E-state index in [2.05, 4.69) is 61.6 Å². The molecule has 5 aromatic rings. The predicted octanol–water partition coefficient (Wildman–Crippen LogP) is 6.01. The largest absolute Gasteiger partial charge is 0.307 e. The molecule has 35 heavy (non-hydrogen) atoms. The number of carbonyl (C=O) groups is 1. The third kappa shape index (κ3) is 4.99. The molecule has 0 saturated heterocycles. The number of rotatable bonds is 6. The summed E-state index contributed by atoms with van der Waals surface area (Å²) in [6.07, 6.45) is 3.58. The molecule has 0 spiro atoms. The molecule has 3 aromatic heterocycles. The Balaban J connectivity index is 1.36. The fraction of sp³-hybridized carbons (Fsp3) is 0.154. The molecule has 0 aliphatic carbocycles. The third-order valence-electron chi connectivity index (χ3n) is 5.66. The lowest BCUT2D eigenvalue weighted by atomic mass is 10.0. The molecule has 0 radical (unpaired) electrons. The fourth-order valence-electron chi connectivity index (χ4n) is 4.09. The Morgan fingerprint density at radius 1 is 1.09 bits per heavy atom. The van der Waals surface area contributed by atoms with Gasteiger partial charge in [-0.25, -0.2) is 9.67 Å². The van der Waals surface area contributed by atoms with Crippen LogP contribution in [0.25, 0.3) is 22.2 Å². The Hall–Kier alpha value is -3.49. The van der Waals surface area contributed by atoms with Gasteiger partial charge in [0.05, 0.1) is 16.7 Å². The van der Waals surface area contributed by atoms with Crippen LogP contribution >= 0.6 is 27.5 Å². The van der Waals surface area contributed by atoms with E-state index in [1.165, 1.54) is 5.56 Å². The van der Waals surface area contributed by atoms with Gasteiger partial charge >= 0.3 is 0 Å². The number of aryl methyl sites for hydroxylation is 2. The van der Waals surface area contributed by atoms with E-state index in [0.717, 1.165) is 27.8 Å². The van der Waals surface area contributed by atoms with Crippen molar-refractivity contribution >= 4 is 50.3 Å². The molecular formula is C26H22BrClN6O. The SMILES string of the molecule is Cc1cccc(-c2ccnc3c2c(C)nn3CC(=O)Nc2nn(Cc3ccc(Cl)cc3)cc2Br)c1. The van der Waals surface area contributed by atoms with Gasteiger partial charge in [0, 0.05) is 22.8 Å². The minimum absolute atomic E-state index is 0.0189. The zero-order valence-corrected chi connectivity index (χ0v) is 21.5. The minimum Gasteiger partial charge on any atom is -0.307 e. The minimum atomic E-state index is -0.241. The van der Waals surface area contributed by atoms with Crippen LogP contribution in [0, 0.1) is 13.8 Å². The maximum absolute atomic E-state index is 12.9. The smallest absolute Gasteiger partial charge is 0.247 e. The number of hydrogen-bond donors (Lipinski definition) is 1. The van der Waals surface area contributed by atoms with Gasteiger partial charge in [-0.15, -0.1) is 0 Å². The number of amides is 1. The van der Waals surface area contributed by atoms with Crippen LogP contribution < -0.4 is 5.32 Å². The summed E-state index contributed by atoms with van der Waals surface area (Å²) in [5.41, 5.74) is 5.87. The molecule has 0 unspecified atom stereocenters. The lowest BCUT2D eigenvalue weighted by Crippen LogP contribution is -2.20. The summed E-state index contributed by atoms with van der Waals surface area (Å²) in [6, 6.07) is 17.9. The van der Waals surface area contributed by atoms with Gasteiger partial charge in [0.25, 0.3) is 0 Å². The molecule has 7 nitrogen and oxygen atoms in total. The van der Waals surface area contributed by atoms with Crippen molar-refractivity contribution in [1.82, 2.24) is 24.5 Å². The highest BCUT2D eigenvalue weighted by Gasteiger charge is 2.17. The number of hydrogen-bond acceptors (Lipinski definition) is 4. The number of nitrogens with one attached hydrogen (secondary N) is 1. The van der Waals surface area contributed by atoms with Crippen molar-refractivity contribution < 1.29 is 4.79 Å². The number of anilines is 1. The van der Waals surface area contributed by atoms with E-state index in [-0.39, 0.29) is 12.5 Å². The van der Waals surface area contributed by atoms with Crippen LogP contribution in [-0.2, 0) is 17.9 Å². The first-order valence-corrected chi connectivity index (χ1v) is 12.2. The van der Waals surface area contributed by atoms with E-state index in [9.17, 15) is 4.79 Å². The van der Waals surface area contributed by atoms with Gasteiger partial charge < -0.3 is 5.32 Å². The van der Waals surface area contributed by atoms with Crippen LogP contribution in [-0.4, -0.2) is 30.5 Å². The number of fused-ring (bicyclic) bond motifs is 1. The maximum atomic E-state index is 12.9. The second-order valence-corrected chi connectivity index (χ2v) is 9.66. The molecule has 0 aliphatic heterocycles. The van der Waals surface area contributed by atoms with Crippen molar-refractivity contribution in [3.63, 3.8) is 0 Å². The van der Waals surface area contributed by atoms with Crippen molar-refractivity contribution in [3.05, 3.63) is 93.3 Å². The Kier molecular flexibility index (Phi) is 6.40. The van der Waals surface area contributed by atoms with Gasteiger partial charge in [-0.05, 0) is 64.7 Å². The van der Waals surface area contributed by atoms with Gasteiger partial charge in [-0.3, -0.25) is 9.48 Å². The predicted molar refractivity (Wildman–Crippen MR) is 142 cm³/mol. The summed E-state index contributed by atoms with van der Waals surface area (Å²) in [7, 11) is 0. The molecule has 1 N–H and O–H groups in total. The summed E-state index contributed by atoms with van der Waals surface area (Å²) in [6.45, 7) is 4.58. The molecule has 9 heteroatoms. The third-order valence-corrected chi connectivity index (χ3v) is 6.50. The van der Waals surface area contributed by atoms with Crippen LogP contribution in [0.15, 0.2) is 71.5 Å². The van der Waals surface area contributed by atoms with Crippen LogP contribution in [0.1, 0.15) is 16.8 Å². The highest BCUT2D eigenvalue weighted by Crippen LogP contribution is 2.30. The Morgan fingerprint density at radius 2 is 1.89 bits per heavy atom. The molecule has 0 atom stereocenters. The molecule has 0 aliphatic rings. The Morgan fingerprint density at radius 3 is 2.66 bits per heavy atom. The molecular weight excluding hydrogens is 528 g/mol. The Bertz CT molecular complexity index is 1540. The van der Waals surface area contributed by atoms with Crippen molar-refractivity contribution in [2.24, 2.45) is 0 Å². The first kappa shape index (κ1) is 23.3. The summed E-state index contributed by atoms with van der Waals surface area (Å²) in [5, 5.41) is 13.6. The average molecular weight is 550 g/mol. The van der Waals surface area contributed by atoms with Crippen molar-refractivity contribution in [3.8, 4) is 11.1 Å². The molecule has 1 amide bonds. The van der Waals surface area contributed by atoms with Gasteiger partial charge in [0.2, 0.25) is 5.91 Å². The lowest BCUT2D eigenvalue weighted by molar-refractivity contribution is -0.116. The van der Waals surface area contributed by atoms with E-state index in [4.69, 9.17) is 11.6 Å². The highest BCUT2D eigenvalue weighted by atomic mass is 79.9. The number of carbonyl (C=O) groups excluding carboxylic acids is 1. The highest BCUT2D eigenvalue weighted by molar-refractivity contribution is 9.10. The van der Waals surface area contributed by atoms with E-state index < -0.39 is 0 Å². The van der Waals surface area contributed by atoms with Crippen LogP contribution in [0.2, 0.25) is 5.02 Å². The molecule has 3 heterocycles. The first-order chi connectivity index (χ1) is 16.9. The molecule has 2 aromatic carbocycles. The monoisotopic (exact) mass is 548 g/mol. The summed E-state index contributed by atoms with van der Waals surface area (Å²) in [4.78, 5) is 17.4. The maximum Gasteiger partial charge on any atom is 0.247 e. The number of benzene rings is 2. The molecule has 176 valence electrons. The van der Waals surface area contributed by atoms with E-state index >= 15 is 0 Å². The van der Waals surface area contributed by atoms with E-state index in [0.29, 0.717) is 27.5 Å². The number of aromatic nitrogens is 5. The standard InChI is InChI=1S/C26H22BrClN6O/c1-16-4-3-5-19(12-16)21-10-11-29-26-24(21)17(2)31-34(26)15-23(35)30-25-22(27)14-33(32-25)13-18-6-8-20(28)9-7-18/h3-12,14H,13,15H2,1-2H3,(H,30,32,35). The second-order valence-electron chi connectivity index (χ2n) is 8.37. The fourth-order valence-corrected chi connectivity index (χ4v) is 4.63. The van der Waals surface area contributed by atoms with E-state index in [1.807, 2.05) is 49.5 Å². The van der Waals surface area contributed by atoms with Gasteiger partial charge in [-0.1, -0.05) is 53.6 Å². The topological polar surface area (TPSA) is 77.6 Å². The average Bonchev–Trinajstić information content (AvgIpc) is 3.33. The summed E-state index contributed by atoms with van der Waals surface area (Å²) < 4.78 is 4.09. The molecule has 0 bridgehead atoms. The zero-order chi connectivity index (χ0) is 24.5. The summed E-state index contributed by atoms with van der Waals surface area (Å²) in [5.74, 6) is 0.208. The van der Waals surface area contributed by atoms with Gasteiger partial charge in [-0.2, -0.15) is 10.2 Å².